The number of hydrogen-bond donors (Lipinski definition) is 1. The Morgan fingerprint density at radius 2 is 1.65 bits per heavy atom. The number of anilines is 1. The molecule has 1 nitrogen and oxygen atoms in total. The summed E-state index contributed by atoms with van der Waals surface area (Å²) in [6.45, 7) is 4.65. The number of rotatable bonds is 3. The lowest BCUT2D eigenvalue weighted by Crippen LogP contribution is -2.19. The van der Waals surface area contributed by atoms with Crippen molar-refractivity contribution in [3.8, 4) is 0 Å². The topological polar surface area (TPSA) is 12.0 Å². The molecule has 1 fully saturated rings. The van der Waals surface area contributed by atoms with Crippen molar-refractivity contribution < 1.29 is 0 Å². The maximum atomic E-state index is 6.24. The van der Waals surface area contributed by atoms with E-state index in [-0.39, 0.29) is 0 Å². The average Bonchev–Trinajstić information content (AvgIpc) is 2.59. The number of nitrogens with one attached hydrogen (secondary N) is 1. The highest BCUT2D eigenvalue weighted by Gasteiger charge is 2.22. The zero-order chi connectivity index (χ0) is 14.7. The molecule has 1 aromatic carbocycles. The Balaban J connectivity index is 2.04. The molecule has 0 aromatic heterocycles. The molecule has 0 radical (unpaired) electrons. The van der Waals surface area contributed by atoms with E-state index in [0.29, 0.717) is 21.1 Å². The van der Waals surface area contributed by atoms with Crippen LogP contribution in [0.5, 0.6) is 0 Å². The van der Waals surface area contributed by atoms with Crippen LogP contribution in [0.25, 0.3) is 0 Å². The third kappa shape index (κ3) is 4.19. The molecule has 2 unspecified atom stereocenters. The summed E-state index contributed by atoms with van der Waals surface area (Å²) in [6, 6.07) is 3.94. The fourth-order valence-corrected chi connectivity index (χ4v) is 3.95. The summed E-state index contributed by atoms with van der Waals surface area (Å²) in [5, 5.41) is 5.30. The molecule has 0 aliphatic heterocycles. The van der Waals surface area contributed by atoms with E-state index in [9.17, 15) is 0 Å². The predicted octanol–water partition coefficient (Wildman–Crippen LogP) is 6.66. The maximum Gasteiger partial charge on any atom is 0.0722 e. The first-order valence-electron chi connectivity index (χ1n) is 7.38. The third-order valence-electron chi connectivity index (χ3n) is 4.31. The van der Waals surface area contributed by atoms with Crippen molar-refractivity contribution in [2.24, 2.45) is 11.8 Å². The first-order chi connectivity index (χ1) is 9.47. The van der Waals surface area contributed by atoms with Gasteiger partial charge in [0.1, 0.15) is 0 Å². The van der Waals surface area contributed by atoms with Crippen LogP contribution in [-0.4, -0.2) is 6.04 Å². The van der Waals surface area contributed by atoms with Crippen molar-refractivity contribution in [1.29, 1.82) is 0 Å². The van der Waals surface area contributed by atoms with Gasteiger partial charge in [-0.3, -0.25) is 0 Å². The van der Waals surface area contributed by atoms with E-state index in [1.54, 1.807) is 12.1 Å². The van der Waals surface area contributed by atoms with Crippen LogP contribution in [0.15, 0.2) is 12.1 Å². The van der Waals surface area contributed by atoms with Gasteiger partial charge < -0.3 is 5.32 Å². The second-order valence-corrected chi connectivity index (χ2v) is 7.35. The molecule has 20 heavy (non-hydrogen) atoms. The number of hydrogen-bond acceptors (Lipinski definition) is 1. The van der Waals surface area contributed by atoms with Crippen LogP contribution in [0.3, 0.4) is 0 Å². The van der Waals surface area contributed by atoms with Gasteiger partial charge in [-0.15, -0.1) is 0 Å². The smallest absolute Gasteiger partial charge is 0.0722 e. The number of halogens is 3. The zero-order valence-corrected chi connectivity index (χ0v) is 14.3. The minimum Gasteiger partial charge on any atom is -0.380 e. The monoisotopic (exact) mass is 333 g/mol. The quantitative estimate of drug-likeness (QED) is 0.609. The van der Waals surface area contributed by atoms with Crippen molar-refractivity contribution >= 4 is 40.5 Å². The summed E-state index contributed by atoms with van der Waals surface area (Å²) in [5.74, 6) is 1.62. The molecular formula is C16H22Cl3N. The second-order valence-electron chi connectivity index (χ2n) is 6.10. The predicted molar refractivity (Wildman–Crippen MR) is 90.3 cm³/mol. The fourth-order valence-electron chi connectivity index (χ4n) is 3.03. The molecule has 4 heteroatoms. The van der Waals surface area contributed by atoms with Crippen LogP contribution in [0.2, 0.25) is 15.1 Å². The van der Waals surface area contributed by atoms with E-state index >= 15 is 0 Å². The number of benzene rings is 1. The highest BCUT2D eigenvalue weighted by Crippen LogP contribution is 2.36. The van der Waals surface area contributed by atoms with Crippen LogP contribution >= 0.6 is 34.8 Å². The molecule has 1 aromatic rings. The Morgan fingerprint density at radius 3 is 2.25 bits per heavy atom. The minimum atomic E-state index is 0.454. The molecule has 112 valence electrons. The summed E-state index contributed by atoms with van der Waals surface area (Å²) >= 11 is 18.4. The molecule has 0 saturated heterocycles. The normalized spacial score (nSPS) is 23.7. The lowest BCUT2D eigenvalue weighted by atomic mass is 9.89. The molecule has 0 bridgehead atoms. The standard InChI is InChI=1S/C16H22Cl3N/c1-10(2)11-4-3-5-13(7-6-11)20-16-14(18)8-12(17)9-15(16)19/h8-11,13,20H,3-7H2,1-2H3. The van der Waals surface area contributed by atoms with Gasteiger partial charge in [0.15, 0.2) is 0 Å². The van der Waals surface area contributed by atoms with E-state index in [1.165, 1.54) is 32.1 Å². The fraction of sp³-hybridized carbons (Fsp3) is 0.625. The second kappa shape index (κ2) is 7.24. The van der Waals surface area contributed by atoms with Crippen LogP contribution in [-0.2, 0) is 0 Å². The van der Waals surface area contributed by atoms with Gasteiger partial charge in [-0.25, -0.2) is 0 Å². The summed E-state index contributed by atoms with van der Waals surface area (Å²) in [5.41, 5.74) is 0.825. The highest BCUT2D eigenvalue weighted by atomic mass is 35.5. The lowest BCUT2D eigenvalue weighted by molar-refractivity contribution is 0.341. The minimum absolute atomic E-state index is 0.454. The van der Waals surface area contributed by atoms with E-state index in [0.717, 1.165) is 17.5 Å². The maximum absolute atomic E-state index is 6.24. The summed E-state index contributed by atoms with van der Waals surface area (Å²) in [4.78, 5) is 0. The molecule has 1 saturated carbocycles. The van der Waals surface area contributed by atoms with Gasteiger partial charge in [-0.05, 0) is 43.2 Å². The summed E-state index contributed by atoms with van der Waals surface area (Å²) in [7, 11) is 0. The Hall–Kier alpha value is -0.110. The molecule has 1 N–H and O–H groups in total. The molecule has 2 rings (SSSR count). The molecule has 1 aliphatic carbocycles. The van der Waals surface area contributed by atoms with Gasteiger partial charge in [-0.1, -0.05) is 61.5 Å². The molecule has 0 amide bonds. The van der Waals surface area contributed by atoms with Crippen molar-refractivity contribution in [3.63, 3.8) is 0 Å². The van der Waals surface area contributed by atoms with E-state index < -0.39 is 0 Å². The van der Waals surface area contributed by atoms with Crippen LogP contribution in [0.4, 0.5) is 5.69 Å². The molecule has 0 heterocycles. The van der Waals surface area contributed by atoms with Crippen LogP contribution in [0.1, 0.15) is 46.0 Å². The largest absolute Gasteiger partial charge is 0.380 e. The van der Waals surface area contributed by atoms with E-state index in [1.807, 2.05) is 0 Å². The lowest BCUT2D eigenvalue weighted by Gasteiger charge is -2.21. The van der Waals surface area contributed by atoms with Gasteiger partial charge >= 0.3 is 0 Å². The molecular weight excluding hydrogens is 313 g/mol. The van der Waals surface area contributed by atoms with Crippen molar-refractivity contribution in [2.75, 3.05) is 5.32 Å². The van der Waals surface area contributed by atoms with Gasteiger partial charge in [0.2, 0.25) is 0 Å². The zero-order valence-electron chi connectivity index (χ0n) is 12.1. The van der Waals surface area contributed by atoms with E-state index in [4.69, 9.17) is 34.8 Å². The van der Waals surface area contributed by atoms with Crippen LogP contribution in [0, 0.1) is 11.8 Å². The Morgan fingerprint density at radius 1 is 1.00 bits per heavy atom. The summed E-state index contributed by atoms with van der Waals surface area (Å²) < 4.78 is 0. The third-order valence-corrected chi connectivity index (χ3v) is 5.13. The Labute approximate surface area is 137 Å². The van der Waals surface area contributed by atoms with Gasteiger partial charge in [0, 0.05) is 11.1 Å². The first kappa shape index (κ1) is 16.3. The SMILES string of the molecule is CC(C)C1CCCC(Nc2c(Cl)cc(Cl)cc2Cl)CC1. The van der Waals surface area contributed by atoms with Crippen LogP contribution < -0.4 is 5.32 Å². The van der Waals surface area contributed by atoms with Crippen molar-refractivity contribution in [3.05, 3.63) is 27.2 Å². The van der Waals surface area contributed by atoms with Gasteiger partial charge in [-0.2, -0.15) is 0 Å². The van der Waals surface area contributed by atoms with Gasteiger partial charge in [0.05, 0.1) is 15.7 Å². The first-order valence-corrected chi connectivity index (χ1v) is 8.52. The van der Waals surface area contributed by atoms with Crippen molar-refractivity contribution in [1.82, 2.24) is 0 Å². The molecule has 0 spiro atoms. The Bertz CT molecular complexity index is 436. The Kier molecular flexibility index (Phi) is 5.89. The van der Waals surface area contributed by atoms with Crippen molar-refractivity contribution in [2.45, 2.75) is 52.0 Å². The summed E-state index contributed by atoms with van der Waals surface area (Å²) in [6.07, 6.45) is 6.23. The molecule has 1 aliphatic rings. The average molecular weight is 335 g/mol. The van der Waals surface area contributed by atoms with E-state index in [2.05, 4.69) is 19.2 Å². The molecule has 2 atom stereocenters. The highest BCUT2D eigenvalue weighted by molar-refractivity contribution is 6.41. The van der Waals surface area contributed by atoms with Gasteiger partial charge in [0.25, 0.3) is 0 Å².